The lowest BCUT2D eigenvalue weighted by Crippen LogP contribution is -2.22. The van der Waals surface area contributed by atoms with E-state index in [0.29, 0.717) is 13.2 Å². The molecule has 0 aliphatic rings. The Balaban J connectivity index is 2.33. The molecule has 1 rings (SSSR count). The standard InChI is InChI=1S/C14H22O3/c1-11(15)12-5-7-13(8-6-12)16-9-10-17-14(2,3)4/h5-8,11,15H,9-10H2,1-4H3/t11-/m1/s1. The highest BCUT2D eigenvalue weighted by Gasteiger charge is 2.09. The fraction of sp³-hybridized carbons (Fsp3) is 0.571. The van der Waals surface area contributed by atoms with Gasteiger partial charge in [0.1, 0.15) is 12.4 Å². The van der Waals surface area contributed by atoms with Gasteiger partial charge < -0.3 is 14.6 Å². The zero-order valence-corrected chi connectivity index (χ0v) is 11.1. The fourth-order valence-electron chi connectivity index (χ4n) is 1.35. The van der Waals surface area contributed by atoms with E-state index in [-0.39, 0.29) is 5.60 Å². The topological polar surface area (TPSA) is 38.7 Å². The normalized spacial score (nSPS) is 13.5. The molecule has 17 heavy (non-hydrogen) atoms. The van der Waals surface area contributed by atoms with Crippen LogP contribution in [0.3, 0.4) is 0 Å². The molecule has 0 aromatic heterocycles. The van der Waals surface area contributed by atoms with Gasteiger partial charge in [0.25, 0.3) is 0 Å². The van der Waals surface area contributed by atoms with Gasteiger partial charge in [-0.05, 0) is 45.4 Å². The summed E-state index contributed by atoms with van der Waals surface area (Å²) in [6, 6.07) is 7.45. The highest BCUT2D eigenvalue weighted by molar-refractivity contribution is 5.28. The molecule has 3 heteroatoms. The van der Waals surface area contributed by atoms with E-state index in [1.54, 1.807) is 6.92 Å². The van der Waals surface area contributed by atoms with Crippen molar-refractivity contribution in [2.45, 2.75) is 39.4 Å². The third-order valence-electron chi connectivity index (χ3n) is 2.25. The van der Waals surface area contributed by atoms with Gasteiger partial charge in [-0.2, -0.15) is 0 Å². The summed E-state index contributed by atoms with van der Waals surface area (Å²) in [7, 11) is 0. The van der Waals surface area contributed by atoms with Gasteiger partial charge in [0.2, 0.25) is 0 Å². The molecule has 0 heterocycles. The average molecular weight is 238 g/mol. The fourth-order valence-corrected chi connectivity index (χ4v) is 1.35. The van der Waals surface area contributed by atoms with Gasteiger partial charge in [-0.1, -0.05) is 12.1 Å². The Hall–Kier alpha value is -1.06. The average Bonchev–Trinajstić information content (AvgIpc) is 2.24. The van der Waals surface area contributed by atoms with Crippen LogP contribution in [0.4, 0.5) is 0 Å². The summed E-state index contributed by atoms with van der Waals surface area (Å²) in [4.78, 5) is 0. The van der Waals surface area contributed by atoms with E-state index in [4.69, 9.17) is 9.47 Å². The molecular formula is C14H22O3. The van der Waals surface area contributed by atoms with Crippen molar-refractivity contribution in [2.75, 3.05) is 13.2 Å². The summed E-state index contributed by atoms with van der Waals surface area (Å²) in [6.07, 6.45) is -0.437. The van der Waals surface area contributed by atoms with Crippen molar-refractivity contribution in [3.63, 3.8) is 0 Å². The highest BCUT2D eigenvalue weighted by Crippen LogP contribution is 2.17. The number of ether oxygens (including phenoxy) is 2. The van der Waals surface area contributed by atoms with Gasteiger partial charge >= 0.3 is 0 Å². The van der Waals surface area contributed by atoms with Crippen LogP contribution in [-0.4, -0.2) is 23.9 Å². The predicted molar refractivity (Wildman–Crippen MR) is 68.3 cm³/mol. The van der Waals surface area contributed by atoms with Crippen molar-refractivity contribution >= 4 is 0 Å². The van der Waals surface area contributed by atoms with E-state index in [2.05, 4.69) is 0 Å². The van der Waals surface area contributed by atoms with Crippen molar-refractivity contribution in [2.24, 2.45) is 0 Å². The molecule has 1 N–H and O–H groups in total. The van der Waals surface area contributed by atoms with Crippen LogP contribution in [0.2, 0.25) is 0 Å². The van der Waals surface area contributed by atoms with E-state index < -0.39 is 6.10 Å². The van der Waals surface area contributed by atoms with Crippen molar-refractivity contribution < 1.29 is 14.6 Å². The lowest BCUT2D eigenvalue weighted by molar-refractivity contribution is -0.0163. The molecule has 0 saturated carbocycles. The van der Waals surface area contributed by atoms with Crippen LogP contribution in [0, 0.1) is 0 Å². The van der Waals surface area contributed by atoms with E-state index >= 15 is 0 Å². The molecule has 0 bridgehead atoms. The minimum absolute atomic E-state index is 0.125. The molecule has 1 aromatic carbocycles. The van der Waals surface area contributed by atoms with Crippen LogP contribution >= 0.6 is 0 Å². The second kappa shape index (κ2) is 6.03. The SMILES string of the molecule is C[C@@H](O)c1ccc(OCCOC(C)(C)C)cc1. The quantitative estimate of drug-likeness (QED) is 0.802. The van der Waals surface area contributed by atoms with Crippen molar-refractivity contribution in [1.82, 2.24) is 0 Å². The van der Waals surface area contributed by atoms with Crippen LogP contribution in [0.5, 0.6) is 5.75 Å². The lowest BCUT2D eigenvalue weighted by Gasteiger charge is -2.19. The molecule has 1 atom stereocenters. The molecular weight excluding hydrogens is 216 g/mol. The Morgan fingerprint density at radius 1 is 1.12 bits per heavy atom. The first-order chi connectivity index (χ1) is 7.88. The molecule has 0 unspecified atom stereocenters. The van der Waals surface area contributed by atoms with Gasteiger partial charge in [0.05, 0.1) is 18.3 Å². The molecule has 0 spiro atoms. The van der Waals surface area contributed by atoms with Gasteiger partial charge in [0.15, 0.2) is 0 Å². The zero-order valence-electron chi connectivity index (χ0n) is 11.1. The molecule has 3 nitrogen and oxygen atoms in total. The summed E-state index contributed by atoms with van der Waals surface area (Å²) >= 11 is 0. The van der Waals surface area contributed by atoms with Gasteiger partial charge in [-0.15, -0.1) is 0 Å². The Labute approximate surface area is 103 Å². The van der Waals surface area contributed by atoms with Crippen molar-refractivity contribution in [1.29, 1.82) is 0 Å². The minimum atomic E-state index is -0.437. The Kier molecular flexibility index (Phi) is 4.97. The third kappa shape index (κ3) is 5.71. The summed E-state index contributed by atoms with van der Waals surface area (Å²) in [5.74, 6) is 0.798. The second-order valence-electron chi connectivity index (χ2n) is 5.05. The molecule has 0 saturated heterocycles. The number of benzene rings is 1. The number of hydrogen-bond acceptors (Lipinski definition) is 3. The van der Waals surface area contributed by atoms with Gasteiger partial charge in [-0.3, -0.25) is 0 Å². The smallest absolute Gasteiger partial charge is 0.119 e. The number of aliphatic hydroxyl groups is 1. The van der Waals surface area contributed by atoms with Crippen LogP contribution < -0.4 is 4.74 Å². The Morgan fingerprint density at radius 2 is 1.71 bits per heavy atom. The highest BCUT2D eigenvalue weighted by atomic mass is 16.5. The third-order valence-corrected chi connectivity index (χ3v) is 2.25. The number of hydrogen-bond donors (Lipinski definition) is 1. The zero-order chi connectivity index (χ0) is 12.9. The molecule has 0 radical (unpaired) electrons. The molecule has 0 fully saturated rings. The molecule has 96 valence electrons. The summed E-state index contributed by atoms with van der Waals surface area (Å²) < 4.78 is 11.1. The predicted octanol–water partition coefficient (Wildman–Crippen LogP) is 2.93. The lowest BCUT2D eigenvalue weighted by atomic mass is 10.1. The Bertz CT molecular complexity index is 322. The van der Waals surface area contributed by atoms with Crippen LogP contribution in [0.15, 0.2) is 24.3 Å². The summed E-state index contributed by atoms with van der Waals surface area (Å²) in [6.45, 7) is 8.90. The van der Waals surface area contributed by atoms with Gasteiger partial charge in [-0.25, -0.2) is 0 Å². The monoisotopic (exact) mass is 238 g/mol. The van der Waals surface area contributed by atoms with E-state index in [9.17, 15) is 5.11 Å². The maximum absolute atomic E-state index is 9.36. The largest absolute Gasteiger partial charge is 0.491 e. The van der Waals surface area contributed by atoms with Gasteiger partial charge in [0, 0.05) is 0 Å². The van der Waals surface area contributed by atoms with E-state index in [1.807, 2.05) is 45.0 Å². The van der Waals surface area contributed by atoms with E-state index in [1.165, 1.54) is 0 Å². The summed E-state index contributed by atoms with van der Waals surface area (Å²) in [5.41, 5.74) is 0.766. The van der Waals surface area contributed by atoms with Crippen molar-refractivity contribution in [3.05, 3.63) is 29.8 Å². The van der Waals surface area contributed by atoms with Crippen LogP contribution in [-0.2, 0) is 4.74 Å². The first-order valence-corrected chi connectivity index (χ1v) is 5.93. The first kappa shape index (κ1) is 14.0. The maximum atomic E-state index is 9.36. The molecule has 0 aliphatic carbocycles. The molecule has 0 amide bonds. The van der Waals surface area contributed by atoms with Crippen LogP contribution in [0.1, 0.15) is 39.4 Å². The summed E-state index contributed by atoms with van der Waals surface area (Å²) in [5, 5.41) is 9.36. The Morgan fingerprint density at radius 3 is 2.18 bits per heavy atom. The molecule has 0 aliphatic heterocycles. The van der Waals surface area contributed by atoms with Crippen molar-refractivity contribution in [3.8, 4) is 5.75 Å². The van der Waals surface area contributed by atoms with E-state index in [0.717, 1.165) is 11.3 Å². The van der Waals surface area contributed by atoms with Crippen LogP contribution in [0.25, 0.3) is 0 Å². The second-order valence-corrected chi connectivity index (χ2v) is 5.05. The number of rotatable bonds is 5. The minimum Gasteiger partial charge on any atom is -0.491 e. The first-order valence-electron chi connectivity index (χ1n) is 5.93. The number of aliphatic hydroxyl groups excluding tert-OH is 1. The maximum Gasteiger partial charge on any atom is 0.119 e. The molecule has 1 aromatic rings.